The largest absolute Gasteiger partial charge is 0.405 e. The molecule has 0 bridgehead atoms. The second kappa shape index (κ2) is 12.3. The lowest BCUT2D eigenvalue weighted by atomic mass is 9.98. The molecule has 1 N–H and O–H groups in total. The zero-order valence-electron chi connectivity index (χ0n) is 20.5. The average molecular weight is 529 g/mol. The molecule has 0 aliphatic carbocycles. The molecular formula is C24H33BN3O4PSSi. The topological polar surface area (TPSA) is 96.7 Å². The van der Waals surface area contributed by atoms with Crippen molar-refractivity contribution < 1.29 is 19.0 Å². The van der Waals surface area contributed by atoms with E-state index in [1.165, 1.54) is 11.8 Å². The first-order chi connectivity index (χ1) is 16.7. The summed E-state index contributed by atoms with van der Waals surface area (Å²) in [5.74, 6) is -0.730. The van der Waals surface area contributed by atoms with Crippen LogP contribution in [0.25, 0.3) is 10.4 Å². The molecule has 0 spiro atoms. The van der Waals surface area contributed by atoms with Crippen LogP contribution in [0, 0.1) is 0 Å². The summed E-state index contributed by atoms with van der Waals surface area (Å²) in [5, 5.41) is 17.0. The molecule has 2 radical (unpaired) electrons. The molecule has 3 rings (SSSR count). The third-order valence-corrected chi connectivity index (χ3v) is 12.3. The maximum atomic E-state index is 11.1. The van der Waals surface area contributed by atoms with Crippen molar-refractivity contribution in [2.24, 2.45) is 5.11 Å². The Balaban J connectivity index is 2.04. The number of nitrogens with zero attached hydrogens (tertiary/aromatic N) is 3. The molecule has 1 saturated heterocycles. The van der Waals surface area contributed by atoms with Gasteiger partial charge in [0.2, 0.25) is 0 Å². The third kappa shape index (κ3) is 6.15. The van der Waals surface area contributed by atoms with Crippen LogP contribution in [0.3, 0.4) is 0 Å². The molecule has 1 heterocycles. The number of rotatable bonds is 9. The lowest BCUT2D eigenvalue weighted by Crippen LogP contribution is -2.68. The predicted molar refractivity (Wildman–Crippen MR) is 149 cm³/mol. The van der Waals surface area contributed by atoms with Gasteiger partial charge in [0.1, 0.15) is 31.5 Å². The molecule has 2 aromatic carbocycles. The summed E-state index contributed by atoms with van der Waals surface area (Å²) in [7, 11) is 5.43. The molecule has 1 aliphatic heterocycles. The van der Waals surface area contributed by atoms with Crippen LogP contribution in [-0.2, 0) is 13.9 Å². The van der Waals surface area contributed by atoms with Gasteiger partial charge in [-0.1, -0.05) is 86.5 Å². The maximum Gasteiger partial charge on any atom is 0.261 e. The van der Waals surface area contributed by atoms with E-state index in [0.29, 0.717) is 0 Å². The van der Waals surface area contributed by atoms with Crippen LogP contribution in [0.5, 0.6) is 0 Å². The Hall–Kier alpha value is -1.35. The first kappa shape index (κ1) is 28.2. The molecule has 1 aliphatic rings. The Morgan fingerprint density at radius 2 is 1.71 bits per heavy atom. The molecule has 7 atom stereocenters. The van der Waals surface area contributed by atoms with Crippen molar-refractivity contribution in [1.29, 1.82) is 0 Å². The summed E-state index contributed by atoms with van der Waals surface area (Å²) in [5.41, 5.74) is 8.48. The Labute approximate surface area is 216 Å². The molecule has 11 heteroatoms. The normalized spacial score (nSPS) is 26.1. The number of thioether (sulfide) groups is 1. The second-order valence-electron chi connectivity index (χ2n) is 9.50. The summed E-state index contributed by atoms with van der Waals surface area (Å²) in [4.78, 5) is 2.90. The van der Waals surface area contributed by atoms with Crippen LogP contribution in [0.1, 0.15) is 20.8 Å². The van der Waals surface area contributed by atoms with Gasteiger partial charge in [-0.05, 0) is 27.2 Å². The standard InChI is InChI=1S/C24H33BN3O4PSSi/c1-24(2,3)35(16-11-7-5-8-12-16,17-13-9-6-10-14-17)30-15-18-21(32-23(25)33)20(29)19(27-28-26)22(31-18)34-4/h5-14,18-23,29H,15,33H2,1-4H3. The van der Waals surface area contributed by atoms with Gasteiger partial charge in [-0.2, -0.15) is 0 Å². The maximum absolute atomic E-state index is 11.1. The van der Waals surface area contributed by atoms with Gasteiger partial charge in [0.05, 0.1) is 12.7 Å². The lowest BCUT2D eigenvalue weighted by molar-refractivity contribution is -0.181. The SMILES string of the molecule is [B]C(P)OC1C(CO[Si](c2ccccc2)(c2ccccc2)C(C)(C)C)OC(SC)C(N=[N+]=[N-])C1O. The highest BCUT2D eigenvalue weighted by Gasteiger charge is 2.52. The van der Waals surface area contributed by atoms with Crippen molar-refractivity contribution >= 4 is 47.5 Å². The van der Waals surface area contributed by atoms with Crippen molar-refractivity contribution in [3.8, 4) is 0 Å². The summed E-state index contributed by atoms with van der Waals surface area (Å²) in [6.45, 7) is 6.77. The molecule has 186 valence electrons. The highest BCUT2D eigenvalue weighted by molar-refractivity contribution is 7.99. The zero-order valence-corrected chi connectivity index (χ0v) is 23.5. The minimum atomic E-state index is -2.83. The van der Waals surface area contributed by atoms with Crippen molar-refractivity contribution in [2.75, 3.05) is 12.9 Å². The molecule has 1 fully saturated rings. The van der Waals surface area contributed by atoms with E-state index in [1.54, 1.807) is 0 Å². The van der Waals surface area contributed by atoms with Gasteiger partial charge < -0.3 is 19.0 Å². The number of aliphatic hydroxyl groups is 1. The van der Waals surface area contributed by atoms with Gasteiger partial charge in [0, 0.05) is 10.7 Å². The molecule has 0 aromatic heterocycles. The first-order valence-corrected chi connectivity index (χ1v) is 15.3. The summed E-state index contributed by atoms with van der Waals surface area (Å²) < 4.78 is 19.2. The fourth-order valence-corrected chi connectivity index (χ4v) is 10.2. The molecular weight excluding hydrogens is 496 g/mol. The number of azide groups is 1. The van der Waals surface area contributed by atoms with E-state index in [9.17, 15) is 5.11 Å². The smallest absolute Gasteiger partial charge is 0.261 e. The second-order valence-corrected chi connectivity index (χ2v) is 15.4. The number of hydrogen-bond acceptors (Lipinski definition) is 6. The number of ether oxygens (including phenoxy) is 2. The first-order valence-electron chi connectivity index (χ1n) is 11.5. The Kier molecular flexibility index (Phi) is 9.89. The lowest BCUT2D eigenvalue weighted by Gasteiger charge is -2.47. The van der Waals surface area contributed by atoms with Gasteiger partial charge in [-0.3, -0.25) is 0 Å². The Morgan fingerprint density at radius 3 is 2.14 bits per heavy atom. The molecule has 0 saturated carbocycles. The van der Waals surface area contributed by atoms with Gasteiger partial charge in [0.25, 0.3) is 8.32 Å². The van der Waals surface area contributed by atoms with Gasteiger partial charge >= 0.3 is 0 Å². The third-order valence-electron chi connectivity index (χ3n) is 6.25. The van der Waals surface area contributed by atoms with Crippen molar-refractivity contribution in [2.45, 2.75) is 61.3 Å². The monoisotopic (exact) mass is 529 g/mol. The number of benzene rings is 2. The minimum absolute atomic E-state index is 0.173. The fraction of sp³-hybridized carbons (Fsp3) is 0.500. The summed E-state index contributed by atoms with van der Waals surface area (Å²) >= 11 is 1.37. The van der Waals surface area contributed by atoms with Crippen LogP contribution in [0.4, 0.5) is 0 Å². The average Bonchev–Trinajstić information content (AvgIpc) is 2.83. The zero-order chi connectivity index (χ0) is 25.6. The van der Waals surface area contributed by atoms with Crippen LogP contribution in [0.2, 0.25) is 5.04 Å². The molecule has 35 heavy (non-hydrogen) atoms. The summed E-state index contributed by atoms with van der Waals surface area (Å²) in [6.07, 6.45) is -0.711. The Morgan fingerprint density at radius 1 is 1.17 bits per heavy atom. The van der Waals surface area contributed by atoms with E-state index in [1.807, 2.05) is 42.7 Å². The molecule has 0 amide bonds. The van der Waals surface area contributed by atoms with E-state index in [4.69, 9.17) is 27.3 Å². The molecule has 2 aromatic rings. The van der Waals surface area contributed by atoms with Crippen LogP contribution < -0.4 is 10.4 Å². The predicted octanol–water partition coefficient (Wildman–Crippen LogP) is 3.40. The molecule has 7 nitrogen and oxygen atoms in total. The quantitative estimate of drug-likeness (QED) is 0.177. The van der Waals surface area contributed by atoms with Crippen LogP contribution >= 0.6 is 21.0 Å². The van der Waals surface area contributed by atoms with E-state index >= 15 is 0 Å². The summed E-state index contributed by atoms with van der Waals surface area (Å²) in [6, 6.07) is 19.8. The Bertz CT molecular complexity index is 956. The van der Waals surface area contributed by atoms with Gasteiger partial charge in [0.15, 0.2) is 0 Å². The highest BCUT2D eigenvalue weighted by atomic mass is 32.2. The van der Waals surface area contributed by atoms with Crippen molar-refractivity contribution in [3.05, 3.63) is 71.1 Å². The number of aliphatic hydroxyl groups excluding tert-OH is 1. The van der Waals surface area contributed by atoms with Gasteiger partial charge in [-0.25, -0.2) is 0 Å². The van der Waals surface area contributed by atoms with Crippen LogP contribution in [0.15, 0.2) is 65.8 Å². The number of hydrogen-bond donors (Lipinski definition) is 1. The van der Waals surface area contributed by atoms with Gasteiger partial charge in [-0.15, -0.1) is 21.0 Å². The highest BCUT2D eigenvalue weighted by Crippen LogP contribution is 2.38. The molecule has 7 unspecified atom stereocenters. The van der Waals surface area contributed by atoms with Crippen molar-refractivity contribution in [3.63, 3.8) is 0 Å². The van der Waals surface area contributed by atoms with Crippen LogP contribution in [-0.4, -0.2) is 69.7 Å². The van der Waals surface area contributed by atoms with E-state index in [2.05, 4.69) is 64.3 Å². The van der Waals surface area contributed by atoms with E-state index in [0.717, 1.165) is 10.4 Å². The fourth-order valence-electron chi connectivity index (χ4n) is 4.74. The van der Waals surface area contributed by atoms with Crippen molar-refractivity contribution in [1.82, 2.24) is 0 Å². The van der Waals surface area contributed by atoms with E-state index in [-0.39, 0.29) is 11.6 Å². The van der Waals surface area contributed by atoms with E-state index < -0.39 is 43.9 Å². The minimum Gasteiger partial charge on any atom is -0.405 e.